The van der Waals surface area contributed by atoms with Crippen LogP contribution >= 0.6 is 23.2 Å². The highest BCUT2D eigenvalue weighted by atomic mass is 35.5. The van der Waals surface area contributed by atoms with Crippen LogP contribution in [0, 0.1) is 95.3 Å². The third-order valence-corrected chi connectivity index (χ3v) is 9.17. The number of hydrogen-bond acceptors (Lipinski definition) is 18. The van der Waals surface area contributed by atoms with E-state index in [0.29, 0.717) is 50.1 Å². The van der Waals surface area contributed by atoms with E-state index >= 15 is 0 Å². The summed E-state index contributed by atoms with van der Waals surface area (Å²) in [7, 11) is 0. The highest BCUT2D eigenvalue weighted by Gasteiger charge is 2.16. The summed E-state index contributed by atoms with van der Waals surface area (Å²) in [4.78, 5) is 58.9. The maximum atomic E-state index is 10.5. The topological polar surface area (TPSA) is 415 Å². The van der Waals surface area contributed by atoms with Gasteiger partial charge in [-0.1, -0.05) is 41.4 Å². The number of nitrogens with zero attached hydrogens (tertiary/aromatic N) is 6. The van der Waals surface area contributed by atoms with Crippen LogP contribution in [0.5, 0.6) is 0 Å². The van der Waals surface area contributed by atoms with Gasteiger partial charge in [-0.05, 0) is 82.1 Å². The zero-order valence-corrected chi connectivity index (χ0v) is 37.6. The van der Waals surface area contributed by atoms with Gasteiger partial charge in [0.1, 0.15) is 5.69 Å². The first-order valence-electron chi connectivity index (χ1n) is 18.5. The molecule has 0 amide bonds. The van der Waals surface area contributed by atoms with Crippen molar-refractivity contribution in [1.29, 1.82) is 0 Å². The number of nitrogen functional groups attached to an aromatic ring is 6. The fourth-order valence-electron chi connectivity index (χ4n) is 4.77. The summed E-state index contributed by atoms with van der Waals surface area (Å²) in [5.74, 6) is 0. The summed E-state index contributed by atoms with van der Waals surface area (Å²) in [5, 5.41) is 62.2. The van der Waals surface area contributed by atoms with E-state index in [-0.39, 0.29) is 44.8 Å². The van der Waals surface area contributed by atoms with Crippen LogP contribution in [0.3, 0.4) is 0 Å². The minimum Gasteiger partial charge on any atom is -0.399 e. The normalized spacial score (nSPS) is 9.60. The number of aryl methyl sites for hydroxylation is 4. The Bertz CT molecular complexity index is 2590. The Balaban J connectivity index is 0.000000402. The van der Waals surface area contributed by atoms with Crippen molar-refractivity contribution in [2.45, 2.75) is 34.6 Å². The van der Waals surface area contributed by atoms with Crippen molar-refractivity contribution in [2.24, 2.45) is 0 Å². The summed E-state index contributed by atoms with van der Waals surface area (Å²) in [6.45, 7) is 8.57. The molecule has 0 atom stereocenters. The lowest BCUT2D eigenvalue weighted by molar-refractivity contribution is -0.386. The van der Waals surface area contributed by atoms with Gasteiger partial charge in [-0.25, -0.2) is 0 Å². The van der Waals surface area contributed by atoms with Gasteiger partial charge in [0, 0.05) is 93.0 Å². The molecule has 0 aliphatic rings. The predicted molar refractivity (Wildman–Crippen MR) is 259 cm³/mol. The van der Waals surface area contributed by atoms with Crippen LogP contribution in [0.1, 0.15) is 27.8 Å². The summed E-state index contributed by atoms with van der Waals surface area (Å²) < 4.78 is 0. The van der Waals surface area contributed by atoms with Gasteiger partial charge < -0.3 is 34.4 Å². The molecule has 67 heavy (non-hydrogen) atoms. The zero-order valence-electron chi connectivity index (χ0n) is 36.1. The number of rotatable bonds is 6. The van der Waals surface area contributed by atoms with Crippen molar-refractivity contribution in [2.75, 3.05) is 34.4 Å². The van der Waals surface area contributed by atoms with Crippen LogP contribution in [-0.2, 0) is 0 Å². The summed E-state index contributed by atoms with van der Waals surface area (Å²) in [6, 6.07) is 24.8. The Morgan fingerprint density at radius 1 is 0.373 bits per heavy atom. The Morgan fingerprint density at radius 3 is 1.25 bits per heavy atom. The lowest BCUT2D eigenvalue weighted by Gasteiger charge is -2.02. The van der Waals surface area contributed by atoms with Crippen molar-refractivity contribution in [3.63, 3.8) is 0 Å². The number of nitro benzene ring substituents is 6. The molecule has 0 aromatic heterocycles. The molecular weight excluding hydrogens is 923 g/mol. The first kappa shape index (κ1) is 56.1. The molecule has 24 nitrogen and oxygen atoms in total. The van der Waals surface area contributed by atoms with E-state index in [1.807, 2.05) is 0 Å². The number of anilines is 6. The Labute approximate surface area is 390 Å². The molecule has 0 radical (unpaired) electrons. The first-order chi connectivity index (χ1) is 31.1. The van der Waals surface area contributed by atoms with E-state index < -0.39 is 29.5 Å². The number of halogens is 2. The SMILES string of the molecule is Cc1cc([N+](=O)[O-])ccc1N.Cc1ccc(N)c(C)c1[N+](=O)[O-].Cc1ccc(N)cc1[N+](=O)[O-].Cc1ccc([N+](=O)[O-])cc1N.Nc1ccc(Cl)cc1[N+](=O)[O-].Nc1ccc([N+](=O)[O-])cc1Cl. The fourth-order valence-corrected chi connectivity index (χ4v) is 5.12. The first-order valence-corrected chi connectivity index (χ1v) is 19.2. The standard InChI is InChI=1S/C8H10N2O2.3C7H8N2O2.2C6H5ClN2O2/c1-5-3-4-7(9)6(2)8(5)10(11)12;1-5-4-6(9(10)11)2-3-7(5)8;1-5-2-3-6(9(10)11)4-7(5)8;1-5-2-3-6(8)4-7(5)9(10)11;7-5-3-4(9(10)11)1-2-6(5)8;7-4-1-2-5(8)6(3-4)9(10)11/h3-4H,9H2,1-2H3;3*2-4H,8H2,1H3;2*1-3H,8H2. The summed E-state index contributed by atoms with van der Waals surface area (Å²) in [6.07, 6.45) is 0. The molecule has 0 saturated heterocycles. The van der Waals surface area contributed by atoms with Crippen molar-refractivity contribution >= 4 is 91.5 Å². The third-order valence-electron chi connectivity index (χ3n) is 8.61. The summed E-state index contributed by atoms with van der Waals surface area (Å²) in [5.41, 5.74) is 38.3. The molecular formula is C41H44Cl2N12O12. The molecule has 0 fully saturated rings. The number of benzene rings is 6. The van der Waals surface area contributed by atoms with Gasteiger partial charge in [0.15, 0.2) is 0 Å². The quantitative estimate of drug-likeness (QED) is 0.0513. The lowest BCUT2D eigenvalue weighted by Crippen LogP contribution is -1.98. The van der Waals surface area contributed by atoms with Crippen LogP contribution in [0.15, 0.2) is 103 Å². The Kier molecular flexibility index (Phi) is 21.8. The second-order valence-corrected chi connectivity index (χ2v) is 14.4. The third kappa shape index (κ3) is 18.4. The maximum absolute atomic E-state index is 10.5. The molecule has 6 aromatic carbocycles. The van der Waals surface area contributed by atoms with Gasteiger partial charge in [-0.2, -0.15) is 0 Å². The number of hydrogen-bond donors (Lipinski definition) is 6. The largest absolute Gasteiger partial charge is 0.399 e. The number of nitrogens with two attached hydrogens (primary N) is 6. The van der Waals surface area contributed by atoms with Crippen molar-refractivity contribution in [1.82, 2.24) is 0 Å². The van der Waals surface area contributed by atoms with E-state index in [2.05, 4.69) is 0 Å². The van der Waals surface area contributed by atoms with Crippen LogP contribution in [0.25, 0.3) is 0 Å². The van der Waals surface area contributed by atoms with Gasteiger partial charge in [0.25, 0.3) is 34.1 Å². The zero-order chi connectivity index (χ0) is 51.5. The molecule has 0 heterocycles. The monoisotopic (exact) mass is 966 g/mol. The van der Waals surface area contributed by atoms with Crippen molar-refractivity contribution in [3.05, 3.63) is 202 Å². The average molecular weight is 968 g/mol. The molecule has 0 aliphatic heterocycles. The molecule has 354 valence electrons. The van der Waals surface area contributed by atoms with E-state index in [0.717, 1.165) is 11.1 Å². The van der Waals surface area contributed by atoms with E-state index in [4.69, 9.17) is 57.6 Å². The molecule has 0 aliphatic carbocycles. The molecule has 6 aromatic rings. The minimum atomic E-state index is -0.568. The average Bonchev–Trinajstić information content (AvgIpc) is 3.25. The Morgan fingerprint density at radius 2 is 0.821 bits per heavy atom. The smallest absolute Gasteiger partial charge is 0.293 e. The second-order valence-electron chi connectivity index (χ2n) is 13.5. The summed E-state index contributed by atoms with van der Waals surface area (Å²) >= 11 is 11.0. The van der Waals surface area contributed by atoms with Crippen molar-refractivity contribution < 1.29 is 29.5 Å². The minimum absolute atomic E-state index is 0.0353. The van der Waals surface area contributed by atoms with E-state index in [1.54, 1.807) is 65.0 Å². The van der Waals surface area contributed by atoms with Crippen LogP contribution in [0.4, 0.5) is 68.2 Å². The molecule has 0 bridgehead atoms. The van der Waals surface area contributed by atoms with Crippen LogP contribution in [-0.4, -0.2) is 29.5 Å². The van der Waals surface area contributed by atoms with Crippen LogP contribution in [0.2, 0.25) is 10.0 Å². The number of non-ortho nitro benzene ring substituents is 3. The Hall–Kier alpha value is -8.90. The molecule has 12 N–H and O–H groups in total. The van der Waals surface area contributed by atoms with Crippen molar-refractivity contribution in [3.8, 4) is 0 Å². The predicted octanol–water partition coefficient (Wildman–Crippen LogP) is 9.91. The lowest BCUT2D eigenvalue weighted by atomic mass is 10.1. The molecule has 26 heteroatoms. The molecule has 6 rings (SSSR count). The van der Waals surface area contributed by atoms with Gasteiger partial charge in [0.05, 0.1) is 40.2 Å². The van der Waals surface area contributed by atoms with Gasteiger partial charge in [0.2, 0.25) is 0 Å². The van der Waals surface area contributed by atoms with E-state index in [9.17, 15) is 60.7 Å². The fraction of sp³-hybridized carbons (Fsp3) is 0.122. The maximum Gasteiger partial charge on any atom is 0.293 e. The highest BCUT2D eigenvalue weighted by Crippen LogP contribution is 2.28. The molecule has 0 saturated carbocycles. The van der Waals surface area contributed by atoms with Gasteiger partial charge in [-0.3, -0.25) is 60.7 Å². The molecule has 0 unspecified atom stereocenters. The van der Waals surface area contributed by atoms with Gasteiger partial charge >= 0.3 is 0 Å². The van der Waals surface area contributed by atoms with Crippen LogP contribution < -0.4 is 34.4 Å². The number of nitro groups is 6. The van der Waals surface area contributed by atoms with E-state index in [1.165, 1.54) is 72.8 Å². The highest BCUT2D eigenvalue weighted by molar-refractivity contribution is 6.33. The van der Waals surface area contributed by atoms with Gasteiger partial charge in [-0.15, -0.1) is 0 Å². The molecule has 0 spiro atoms. The second kappa shape index (κ2) is 26.0.